The van der Waals surface area contributed by atoms with Gasteiger partial charge in [-0.25, -0.2) is 0 Å². The van der Waals surface area contributed by atoms with Crippen LogP contribution in [0.5, 0.6) is 0 Å². The highest BCUT2D eigenvalue weighted by Gasteiger charge is 2.19. The molecule has 0 radical (unpaired) electrons. The van der Waals surface area contributed by atoms with E-state index in [4.69, 9.17) is 14.2 Å². The molecule has 0 fully saturated rings. The molecule has 0 aliphatic carbocycles. The number of rotatable bonds is 49. The molecule has 0 amide bonds. The summed E-state index contributed by atoms with van der Waals surface area (Å²) < 4.78 is 16.7. The van der Waals surface area contributed by atoms with E-state index in [1.54, 1.807) is 0 Å². The Kier molecular flexibility index (Phi) is 47.7. The van der Waals surface area contributed by atoms with Crippen LogP contribution in [0, 0.1) is 0 Å². The molecular formula is C53H102O6. The van der Waals surface area contributed by atoms with Gasteiger partial charge in [0.2, 0.25) is 0 Å². The van der Waals surface area contributed by atoms with Crippen molar-refractivity contribution in [1.29, 1.82) is 0 Å². The van der Waals surface area contributed by atoms with Gasteiger partial charge in [-0.3, -0.25) is 14.4 Å². The predicted octanol–water partition coefficient (Wildman–Crippen LogP) is 17.2. The Hall–Kier alpha value is -1.59. The molecule has 0 N–H and O–H groups in total. The van der Waals surface area contributed by atoms with Crippen molar-refractivity contribution in [2.24, 2.45) is 0 Å². The van der Waals surface area contributed by atoms with Gasteiger partial charge >= 0.3 is 17.9 Å². The average molecular weight is 835 g/mol. The highest BCUT2D eigenvalue weighted by atomic mass is 16.6. The molecule has 0 aliphatic heterocycles. The van der Waals surface area contributed by atoms with Crippen LogP contribution in [-0.2, 0) is 28.6 Å². The van der Waals surface area contributed by atoms with Crippen molar-refractivity contribution in [1.82, 2.24) is 0 Å². The molecule has 0 spiro atoms. The van der Waals surface area contributed by atoms with Crippen LogP contribution in [0.1, 0.15) is 303 Å². The first-order valence-corrected chi connectivity index (χ1v) is 26.5. The van der Waals surface area contributed by atoms with Gasteiger partial charge < -0.3 is 14.2 Å². The van der Waals surface area contributed by atoms with Gasteiger partial charge in [0.25, 0.3) is 0 Å². The SMILES string of the molecule is CCCCCCCCCCCCCCCCCCCCCCCCC(=O)OCC(COC(=O)CCCCCCCCC)OC(=O)CCCCCCCCCCCCCC. The van der Waals surface area contributed by atoms with Crippen molar-refractivity contribution in [3.05, 3.63) is 0 Å². The summed E-state index contributed by atoms with van der Waals surface area (Å²) in [7, 11) is 0. The van der Waals surface area contributed by atoms with E-state index >= 15 is 0 Å². The van der Waals surface area contributed by atoms with E-state index in [0.717, 1.165) is 57.8 Å². The van der Waals surface area contributed by atoms with Crippen molar-refractivity contribution in [3.8, 4) is 0 Å². The normalized spacial score (nSPS) is 11.8. The molecule has 0 bridgehead atoms. The Morgan fingerprint density at radius 2 is 0.458 bits per heavy atom. The molecule has 0 saturated carbocycles. The van der Waals surface area contributed by atoms with E-state index in [1.165, 1.54) is 205 Å². The van der Waals surface area contributed by atoms with Crippen molar-refractivity contribution >= 4 is 17.9 Å². The Morgan fingerprint density at radius 3 is 0.678 bits per heavy atom. The van der Waals surface area contributed by atoms with Crippen LogP contribution in [0.3, 0.4) is 0 Å². The van der Waals surface area contributed by atoms with Crippen molar-refractivity contribution < 1.29 is 28.6 Å². The minimum absolute atomic E-state index is 0.0625. The molecule has 1 unspecified atom stereocenters. The lowest BCUT2D eigenvalue weighted by molar-refractivity contribution is -0.167. The number of carbonyl (C=O) groups excluding carboxylic acids is 3. The Morgan fingerprint density at radius 1 is 0.271 bits per heavy atom. The van der Waals surface area contributed by atoms with Crippen molar-refractivity contribution in [3.63, 3.8) is 0 Å². The number of esters is 3. The van der Waals surface area contributed by atoms with E-state index in [-0.39, 0.29) is 31.1 Å². The summed E-state index contributed by atoms with van der Waals surface area (Å²) in [6, 6.07) is 0. The Bertz CT molecular complexity index is 874. The van der Waals surface area contributed by atoms with Gasteiger partial charge in [0, 0.05) is 19.3 Å². The third-order valence-electron chi connectivity index (χ3n) is 12.1. The molecule has 0 rings (SSSR count). The van der Waals surface area contributed by atoms with Gasteiger partial charge in [-0.15, -0.1) is 0 Å². The molecule has 0 aliphatic rings. The number of ether oxygens (including phenoxy) is 3. The first-order valence-electron chi connectivity index (χ1n) is 26.5. The summed E-state index contributed by atoms with van der Waals surface area (Å²) in [6.07, 6.45) is 52.6. The number of carbonyl (C=O) groups is 3. The summed E-state index contributed by atoms with van der Waals surface area (Å²) >= 11 is 0. The number of unbranched alkanes of at least 4 members (excludes halogenated alkanes) is 38. The largest absolute Gasteiger partial charge is 0.462 e. The van der Waals surface area contributed by atoms with Gasteiger partial charge in [-0.05, 0) is 19.3 Å². The lowest BCUT2D eigenvalue weighted by Crippen LogP contribution is -2.30. The van der Waals surface area contributed by atoms with Crippen LogP contribution in [0.15, 0.2) is 0 Å². The van der Waals surface area contributed by atoms with Gasteiger partial charge in [0.15, 0.2) is 6.10 Å². The highest BCUT2D eigenvalue weighted by Crippen LogP contribution is 2.17. The van der Waals surface area contributed by atoms with Crippen molar-refractivity contribution in [2.45, 2.75) is 309 Å². The molecule has 350 valence electrons. The highest BCUT2D eigenvalue weighted by molar-refractivity contribution is 5.71. The van der Waals surface area contributed by atoms with Crippen LogP contribution in [0.25, 0.3) is 0 Å². The predicted molar refractivity (Wildman–Crippen MR) is 252 cm³/mol. The first kappa shape index (κ1) is 57.4. The van der Waals surface area contributed by atoms with E-state index in [2.05, 4.69) is 20.8 Å². The second-order valence-electron chi connectivity index (χ2n) is 18.2. The molecule has 0 heterocycles. The zero-order chi connectivity index (χ0) is 43.0. The second kappa shape index (κ2) is 49.1. The third kappa shape index (κ3) is 47.3. The molecule has 59 heavy (non-hydrogen) atoms. The molecule has 0 aromatic carbocycles. The van der Waals surface area contributed by atoms with Crippen LogP contribution in [0.4, 0.5) is 0 Å². The molecule has 0 aromatic rings. The lowest BCUT2D eigenvalue weighted by Gasteiger charge is -2.18. The summed E-state index contributed by atoms with van der Waals surface area (Å²) in [5.41, 5.74) is 0. The summed E-state index contributed by atoms with van der Waals surface area (Å²) in [4.78, 5) is 37.7. The number of hydrogen-bond donors (Lipinski definition) is 0. The summed E-state index contributed by atoms with van der Waals surface area (Å²) in [5, 5.41) is 0. The van der Waals surface area contributed by atoms with Crippen LogP contribution in [-0.4, -0.2) is 37.2 Å². The van der Waals surface area contributed by atoms with Crippen LogP contribution >= 0.6 is 0 Å². The van der Waals surface area contributed by atoms with E-state index in [0.29, 0.717) is 19.3 Å². The summed E-state index contributed by atoms with van der Waals surface area (Å²) in [6.45, 7) is 6.64. The van der Waals surface area contributed by atoms with Gasteiger partial charge in [0.05, 0.1) is 0 Å². The molecule has 6 heteroatoms. The monoisotopic (exact) mass is 835 g/mol. The molecule has 0 saturated heterocycles. The van der Waals surface area contributed by atoms with E-state index in [9.17, 15) is 14.4 Å². The molecule has 0 aromatic heterocycles. The average Bonchev–Trinajstić information content (AvgIpc) is 3.23. The first-order chi connectivity index (χ1) is 29.0. The maximum atomic E-state index is 12.7. The Balaban J connectivity index is 4.09. The lowest BCUT2D eigenvalue weighted by atomic mass is 10.0. The van der Waals surface area contributed by atoms with Gasteiger partial charge in [0.1, 0.15) is 13.2 Å². The van der Waals surface area contributed by atoms with E-state index in [1.807, 2.05) is 0 Å². The fourth-order valence-electron chi connectivity index (χ4n) is 8.09. The smallest absolute Gasteiger partial charge is 0.306 e. The Labute approximate surface area is 368 Å². The number of hydrogen-bond acceptors (Lipinski definition) is 6. The van der Waals surface area contributed by atoms with Gasteiger partial charge in [-0.1, -0.05) is 265 Å². The fourth-order valence-corrected chi connectivity index (χ4v) is 8.09. The van der Waals surface area contributed by atoms with Crippen molar-refractivity contribution in [2.75, 3.05) is 13.2 Å². The molecular weight excluding hydrogens is 733 g/mol. The van der Waals surface area contributed by atoms with E-state index < -0.39 is 6.10 Å². The minimum atomic E-state index is -0.758. The third-order valence-corrected chi connectivity index (χ3v) is 12.1. The van der Waals surface area contributed by atoms with Crippen LogP contribution in [0.2, 0.25) is 0 Å². The zero-order valence-corrected chi connectivity index (χ0v) is 40.1. The minimum Gasteiger partial charge on any atom is -0.462 e. The standard InChI is InChI=1S/C53H102O6/c1-4-7-10-13-16-18-20-22-23-24-25-26-27-28-29-30-31-33-34-37-40-43-46-52(55)58-49-50(48-57-51(54)45-42-39-36-15-12-9-6-3)59-53(56)47-44-41-38-35-32-21-19-17-14-11-8-5-2/h50H,4-49H2,1-3H3. The summed E-state index contributed by atoms with van der Waals surface area (Å²) in [5.74, 6) is -0.850. The van der Waals surface area contributed by atoms with Gasteiger partial charge in [-0.2, -0.15) is 0 Å². The second-order valence-corrected chi connectivity index (χ2v) is 18.2. The maximum absolute atomic E-state index is 12.7. The zero-order valence-electron chi connectivity index (χ0n) is 40.1. The quantitative estimate of drug-likeness (QED) is 0.0345. The van der Waals surface area contributed by atoms with Crippen LogP contribution < -0.4 is 0 Å². The topological polar surface area (TPSA) is 78.9 Å². The molecule has 6 nitrogen and oxygen atoms in total. The molecule has 1 atom stereocenters. The fraction of sp³-hybridized carbons (Fsp3) is 0.943. The maximum Gasteiger partial charge on any atom is 0.306 e.